The van der Waals surface area contributed by atoms with Crippen molar-refractivity contribution in [2.24, 2.45) is 0 Å². The fraction of sp³-hybridized carbons (Fsp3) is 0.238. The van der Waals surface area contributed by atoms with Crippen LogP contribution >= 0.6 is 0 Å². The van der Waals surface area contributed by atoms with Crippen LogP contribution in [0.25, 0.3) is 23.1 Å². The molecule has 0 radical (unpaired) electrons. The summed E-state index contributed by atoms with van der Waals surface area (Å²) in [6.07, 6.45) is 4.12. The number of furan rings is 1. The van der Waals surface area contributed by atoms with Gasteiger partial charge in [-0.2, -0.15) is 0 Å². The van der Waals surface area contributed by atoms with Gasteiger partial charge in [0.2, 0.25) is 0 Å². The maximum absolute atomic E-state index is 6.07. The highest BCUT2D eigenvalue weighted by atomic mass is 16.3. The van der Waals surface area contributed by atoms with Crippen LogP contribution in [0.3, 0.4) is 0 Å². The maximum atomic E-state index is 6.07. The van der Waals surface area contributed by atoms with Gasteiger partial charge in [-0.25, -0.2) is 0 Å². The zero-order valence-corrected chi connectivity index (χ0v) is 14.2. The first-order valence-electron chi connectivity index (χ1n) is 7.97. The predicted octanol–water partition coefficient (Wildman–Crippen LogP) is 6.12. The van der Waals surface area contributed by atoms with E-state index < -0.39 is 0 Å². The Kier molecular flexibility index (Phi) is 3.99. The van der Waals surface area contributed by atoms with Crippen LogP contribution in [0.1, 0.15) is 37.7 Å². The van der Waals surface area contributed by atoms with Gasteiger partial charge in [0.25, 0.3) is 0 Å². The van der Waals surface area contributed by atoms with Crippen LogP contribution in [-0.4, -0.2) is 5.54 Å². The maximum Gasteiger partial charge on any atom is 0.151 e. The van der Waals surface area contributed by atoms with Crippen molar-refractivity contribution in [1.82, 2.24) is 0 Å². The Morgan fingerprint density at radius 1 is 0.957 bits per heavy atom. The monoisotopic (exact) mass is 305 g/mol. The number of hydrogen-bond donors (Lipinski definition) is 1. The minimum absolute atomic E-state index is 0.0319. The molecular formula is C21H23NO. The summed E-state index contributed by atoms with van der Waals surface area (Å²) in [6, 6.07) is 16.6. The second-order valence-corrected chi connectivity index (χ2v) is 6.96. The van der Waals surface area contributed by atoms with Crippen molar-refractivity contribution in [3.8, 4) is 0 Å². The average molecular weight is 305 g/mol. The number of fused-ring (bicyclic) bond motifs is 1. The number of hydrogen-bond acceptors (Lipinski definition) is 2. The highest BCUT2D eigenvalue weighted by Gasteiger charge is 2.18. The second-order valence-electron chi connectivity index (χ2n) is 6.96. The normalized spacial score (nSPS) is 12.2. The molecule has 3 aromatic rings. The first-order chi connectivity index (χ1) is 10.9. The lowest BCUT2D eigenvalue weighted by molar-refractivity contribution is 0.595. The van der Waals surface area contributed by atoms with E-state index in [-0.39, 0.29) is 5.54 Å². The highest BCUT2D eigenvalue weighted by molar-refractivity contribution is 5.96. The van der Waals surface area contributed by atoms with E-state index in [0.717, 1.165) is 28.0 Å². The molecule has 0 fully saturated rings. The fourth-order valence-corrected chi connectivity index (χ4v) is 2.59. The van der Waals surface area contributed by atoms with Crippen LogP contribution in [0.2, 0.25) is 0 Å². The van der Waals surface area contributed by atoms with Crippen molar-refractivity contribution >= 4 is 28.8 Å². The molecule has 118 valence electrons. The molecule has 0 saturated heterocycles. The summed E-state index contributed by atoms with van der Waals surface area (Å²) in [5.74, 6) is 0.865. The van der Waals surface area contributed by atoms with Gasteiger partial charge in [0, 0.05) is 10.9 Å². The first kappa shape index (κ1) is 15.4. The summed E-state index contributed by atoms with van der Waals surface area (Å²) >= 11 is 0. The summed E-state index contributed by atoms with van der Waals surface area (Å²) < 4.78 is 6.07. The molecule has 1 aromatic heterocycles. The minimum atomic E-state index is -0.0319. The fourth-order valence-electron chi connectivity index (χ4n) is 2.59. The Balaban J connectivity index is 2.08. The molecule has 2 aromatic carbocycles. The smallest absolute Gasteiger partial charge is 0.151 e. The molecular weight excluding hydrogens is 282 g/mol. The Hall–Kier alpha value is -2.48. The largest absolute Gasteiger partial charge is 0.454 e. The van der Waals surface area contributed by atoms with Crippen molar-refractivity contribution in [1.29, 1.82) is 0 Å². The van der Waals surface area contributed by atoms with Gasteiger partial charge in [-0.1, -0.05) is 48.0 Å². The van der Waals surface area contributed by atoms with Gasteiger partial charge in [-0.05, 0) is 51.5 Å². The number of aryl methyl sites for hydroxylation is 1. The van der Waals surface area contributed by atoms with E-state index in [4.69, 9.17) is 4.42 Å². The van der Waals surface area contributed by atoms with E-state index in [1.807, 2.05) is 30.3 Å². The van der Waals surface area contributed by atoms with Gasteiger partial charge >= 0.3 is 0 Å². The van der Waals surface area contributed by atoms with E-state index in [1.54, 1.807) is 0 Å². The number of nitrogens with one attached hydrogen (secondary N) is 1. The molecule has 0 aliphatic carbocycles. The lowest BCUT2D eigenvalue weighted by atomic mass is 10.1. The van der Waals surface area contributed by atoms with Crippen LogP contribution in [0, 0.1) is 6.92 Å². The molecule has 23 heavy (non-hydrogen) atoms. The molecule has 0 amide bonds. The molecule has 0 atom stereocenters. The molecule has 1 N–H and O–H groups in total. The van der Waals surface area contributed by atoms with E-state index in [2.05, 4.69) is 63.4 Å². The van der Waals surface area contributed by atoms with Crippen molar-refractivity contribution in [2.45, 2.75) is 33.2 Å². The zero-order chi connectivity index (χ0) is 16.4. The third kappa shape index (κ3) is 3.65. The Bertz CT molecular complexity index is 835. The molecule has 0 aliphatic heterocycles. The highest BCUT2D eigenvalue weighted by Crippen LogP contribution is 2.34. The van der Waals surface area contributed by atoms with Gasteiger partial charge < -0.3 is 9.73 Å². The molecule has 2 nitrogen and oxygen atoms in total. The van der Waals surface area contributed by atoms with Gasteiger partial charge in [-0.15, -0.1) is 0 Å². The Morgan fingerprint density at radius 3 is 2.39 bits per heavy atom. The number of benzene rings is 2. The standard InChI is InChI=1S/C21H23NO/c1-15-10-12-18-17(14-15)20(22-21(2,3)4)19(23-18)13-11-16-8-6-5-7-9-16/h5-14,22H,1-4H3/b13-11+. The summed E-state index contributed by atoms with van der Waals surface area (Å²) in [6.45, 7) is 8.58. The second kappa shape index (κ2) is 5.96. The zero-order valence-electron chi connectivity index (χ0n) is 14.2. The van der Waals surface area contributed by atoms with Crippen LogP contribution in [0.5, 0.6) is 0 Å². The molecule has 3 rings (SSSR count). The molecule has 1 heterocycles. The molecule has 0 saturated carbocycles. The van der Waals surface area contributed by atoms with Crippen LogP contribution < -0.4 is 5.32 Å². The summed E-state index contributed by atoms with van der Waals surface area (Å²) in [4.78, 5) is 0. The van der Waals surface area contributed by atoms with Gasteiger partial charge in [0.05, 0.1) is 5.69 Å². The number of anilines is 1. The van der Waals surface area contributed by atoms with Crippen LogP contribution in [-0.2, 0) is 0 Å². The number of rotatable bonds is 3. The molecule has 0 spiro atoms. The van der Waals surface area contributed by atoms with Crippen molar-refractivity contribution in [3.63, 3.8) is 0 Å². The van der Waals surface area contributed by atoms with Gasteiger partial charge in [-0.3, -0.25) is 0 Å². The lowest BCUT2D eigenvalue weighted by Gasteiger charge is -2.21. The predicted molar refractivity (Wildman–Crippen MR) is 99.7 cm³/mol. The topological polar surface area (TPSA) is 25.2 Å². The van der Waals surface area contributed by atoms with Gasteiger partial charge in [0.1, 0.15) is 5.58 Å². The molecule has 0 unspecified atom stereocenters. The van der Waals surface area contributed by atoms with Crippen LogP contribution in [0.4, 0.5) is 5.69 Å². The third-order valence-electron chi connectivity index (χ3n) is 3.60. The molecule has 0 bridgehead atoms. The first-order valence-corrected chi connectivity index (χ1v) is 7.97. The van der Waals surface area contributed by atoms with Gasteiger partial charge in [0.15, 0.2) is 5.76 Å². The van der Waals surface area contributed by atoms with E-state index in [0.29, 0.717) is 0 Å². The summed E-state index contributed by atoms with van der Waals surface area (Å²) in [5.41, 5.74) is 4.33. The quantitative estimate of drug-likeness (QED) is 0.630. The third-order valence-corrected chi connectivity index (χ3v) is 3.60. The summed E-state index contributed by atoms with van der Waals surface area (Å²) in [5, 5.41) is 4.72. The van der Waals surface area contributed by atoms with E-state index >= 15 is 0 Å². The van der Waals surface area contributed by atoms with E-state index in [1.165, 1.54) is 5.56 Å². The lowest BCUT2D eigenvalue weighted by Crippen LogP contribution is -2.26. The summed E-state index contributed by atoms with van der Waals surface area (Å²) in [7, 11) is 0. The SMILES string of the molecule is Cc1ccc2oc(/C=C/c3ccccc3)c(NC(C)(C)C)c2c1. The average Bonchev–Trinajstić information content (AvgIpc) is 2.82. The Labute approximate surface area is 137 Å². The van der Waals surface area contributed by atoms with Crippen LogP contribution in [0.15, 0.2) is 52.9 Å². The molecule has 2 heteroatoms. The minimum Gasteiger partial charge on any atom is -0.454 e. The van der Waals surface area contributed by atoms with Crippen molar-refractivity contribution in [3.05, 3.63) is 65.4 Å². The molecule has 0 aliphatic rings. The van der Waals surface area contributed by atoms with Crippen molar-refractivity contribution < 1.29 is 4.42 Å². The Morgan fingerprint density at radius 2 is 1.70 bits per heavy atom. The van der Waals surface area contributed by atoms with Crippen molar-refractivity contribution in [2.75, 3.05) is 5.32 Å². The van der Waals surface area contributed by atoms with E-state index in [9.17, 15) is 0 Å².